The Bertz CT molecular complexity index is 407. The molecule has 1 amide bonds. The number of hydrogen-bond acceptors (Lipinski definition) is 2. The van der Waals surface area contributed by atoms with Crippen LogP contribution in [0.25, 0.3) is 0 Å². The average Bonchev–Trinajstić information content (AvgIpc) is 2.35. The smallest absolute Gasteiger partial charge is 0.239 e. The lowest BCUT2D eigenvalue weighted by molar-refractivity contribution is -0.134. The summed E-state index contributed by atoms with van der Waals surface area (Å²) in [6.07, 6.45) is 0.924. The van der Waals surface area contributed by atoms with Crippen LogP contribution in [0.15, 0.2) is 28.7 Å². The van der Waals surface area contributed by atoms with E-state index in [1.54, 1.807) is 6.92 Å². The van der Waals surface area contributed by atoms with Crippen LogP contribution in [-0.4, -0.2) is 23.4 Å². The molecule has 0 saturated carbocycles. The van der Waals surface area contributed by atoms with Gasteiger partial charge >= 0.3 is 0 Å². The first-order valence-corrected chi connectivity index (χ1v) is 7.08. The quantitative estimate of drug-likeness (QED) is 0.908. The molecule has 0 aliphatic rings. The number of amides is 1. The van der Waals surface area contributed by atoms with E-state index in [-0.39, 0.29) is 11.9 Å². The molecule has 2 atom stereocenters. The zero-order valence-corrected chi connectivity index (χ0v) is 12.8. The number of nitrogens with zero attached hydrogens (tertiary/aromatic N) is 1. The summed E-state index contributed by atoms with van der Waals surface area (Å²) >= 11 is 3.53. The van der Waals surface area contributed by atoms with Gasteiger partial charge in [0.1, 0.15) is 0 Å². The van der Waals surface area contributed by atoms with Crippen LogP contribution in [-0.2, 0) is 4.79 Å². The SMILES string of the molecule is CCCN(C(=O)[C@@H](C)N)C(C)c1ccccc1Br. The van der Waals surface area contributed by atoms with Crippen molar-refractivity contribution < 1.29 is 4.79 Å². The first-order valence-electron chi connectivity index (χ1n) is 6.29. The maximum absolute atomic E-state index is 12.1. The third-order valence-electron chi connectivity index (χ3n) is 2.96. The maximum atomic E-state index is 12.1. The Labute approximate surface area is 117 Å². The third-order valence-corrected chi connectivity index (χ3v) is 3.68. The fourth-order valence-electron chi connectivity index (χ4n) is 1.98. The molecule has 0 heterocycles. The van der Waals surface area contributed by atoms with Crippen LogP contribution in [0, 0.1) is 0 Å². The van der Waals surface area contributed by atoms with Gasteiger partial charge in [-0.2, -0.15) is 0 Å². The van der Waals surface area contributed by atoms with Crippen LogP contribution in [0.2, 0.25) is 0 Å². The second-order valence-corrected chi connectivity index (χ2v) is 5.37. The fourth-order valence-corrected chi connectivity index (χ4v) is 2.60. The Kier molecular flexibility index (Phi) is 5.82. The van der Waals surface area contributed by atoms with Crippen LogP contribution in [0.4, 0.5) is 0 Å². The predicted molar refractivity (Wildman–Crippen MR) is 78.2 cm³/mol. The lowest BCUT2D eigenvalue weighted by Gasteiger charge is -2.31. The first-order chi connectivity index (χ1) is 8.49. The van der Waals surface area contributed by atoms with Crippen molar-refractivity contribution in [3.63, 3.8) is 0 Å². The summed E-state index contributed by atoms with van der Waals surface area (Å²) in [5.74, 6) is 0.0000954. The predicted octanol–water partition coefficient (Wildman–Crippen LogP) is 3.10. The average molecular weight is 313 g/mol. The van der Waals surface area contributed by atoms with Gasteiger partial charge in [-0.1, -0.05) is 41.1 Å². The number of hydrogen-bond donors (Lipinski definition) is 1. The minimum absolute atomic E-state index is 0.0000954. The lowest BCUT2D eigenvalue weighted by Crippen LogP contribution is -2.43. The van der Waals surface area contributed by atoms with Gasteiger partial charge in [-0.15, -0.1) is 0 Å². The second kappa shape index (κ2) is 6.90. The minimum Gasteiger partial charge on any atom is -0.335 e. The van der Waals surface area contributed by atoms with E-state index in [2.05, 4.69) is 22.9 Å². The fraction of sp³-hybridized carbons (Fsp3) is 0.500. The zero-order valence-electron chi connectivity index (χ0n) is 11.2. The normalized spacial score (nSPS) is 14.1. The Hall–Kier alpha value is -0.870. The van der Waals surface area contributed by atoms with Crippen molar-refractivity contribution in [3.05, 3.63) is 34.3 Å². The molecule has 4 heteroatoms. The molecule has 0 spiro atoms. The summed E-state index contributed by atoms with van der Waals surface area (Å²) in [5.41, 5.74) is 6.83. The molecule has 1 unspecified atom stereocenters. The van der Waals surface area contributed by atoms with Crippen LogP contribution in [0.1, 0.15) is 38.8 Å². The molecule has 2 N–H and O–H groups in total. The molecule has 1 rings (SSSR count). The van der Waals surface area contributed by atoms with E-state index in [0.717, 1.165) is 23.0 Å². The minimum atomic E-state index is -0.457. The van der Waals surface area contributed by atoms with Gasteiger partial charge in [0.2, 0.25) is 5.91 Å². The van der Waals surface area contributed by atoms with Gasteiger partial charge in [-0.05, 0) is 31.9 Å². The number of carbonyl (C=O) groups excluding carboxylic acids is 1. The molecule has 1 aromatic rings. The highest BCUT2D eigenvalue weighted by Gasteiger charge is 2.24. The van der Waals surface area contributed by atoms with Crippen LogP contribution < -0.4 is 5.73 Å². The highest BCUT2D eigenvalue weighted by molar-refractivity contribution is 9.10. The van der Waals surface area contributed by atoms with E-state index >= 15 is 0 Å². The van der Waals surface area contributed by atoms with Crippen LogP contribution in [0.3, 0.4) is 0 Å². The Morgan fingerprint density at radius 3 is 2.50 bits per heavy atom. The topological polar surface area (TPSA) is 46.3 Å². The zero-order chi connectivity index (χ0) is 13.7. The number of nitrogens with two attached hydrogens (primary N) is 1. The summed E-state index contributed by atoms with van der Waals surface area (Å²) in [6.45, 7) is 6.56. The summed E-state index contributed by atoms with van der Waals surface area (Å²) in [5, 5.41) is 0. The number of benzene rings is 1. The summed E-state index contributed by atoms with van der Waals surface area (Å²) in [7, 11) is 0. The number of halogens is 1. The van der Waals surface area contributed by atoms with E-state index in [1.807, 2.05) is 36.1 Å². The van der Waals surface area contributed by atoms with E-state index < -0.39 is 6.04 Å². The Balaban J connectivity index is 2.99. The van der Waals surface area contributed by atoms with Crippen molar-refractivity contribution in [1.29, 1.82) is 0 Å². The molecule has 0 fully saturated rings. The molecule has 0 aliphatic heterocycles. The first kappa shape index (κ1) is 15.2. The maximum Gasteiger partial charge on any atom is 0.239 e. The number of carbonyl (C=O) groups is 1. The Morgan fingerprint density at radius 2 is 2.00 bits per heavy atom. The van der Waals surface area contributed by atoms with Gasteiger partial charge in [0.25, 0.3) is 0 Å². The van der Waals surface area contributed by atoms with Gasteiger partial charge in [0, 0.05) is 11.0 Å². The standard InChI is InChI=1S/C14H21BrN2O/c1-4-9-17(14(18)10(2)16)11(3)12-7-5-6-8-13(12)15/h5-8,10-11H,4,9,16H2,1-3H3/t10-,11?/m1/s1. The van der Waals surface area contributed by atoms with Gasteiger partial charge in [0.15, 0.2) is 0 Å². The molecule has 3 nitrogen and oxygen atoms in total. The molecule has 0 bridgehead atoms. The molecule has 18 heavy (non-hydrogen) atoms. The van der Waals surface area contributed by atoms with Crippen molar-refractivity contribution in [3.8, 4) is 0 Å². The molecule has 0 saturated heterocycles. The molecule has 0 aliphatic carbocycles. The summed E-state index contributed by atoms with van der Waals surface area (Å²) in [6, 6.07) is 7.55. The van der Waals surface area contributed by atoms with Crippen molar-refractivity contribution >= 4 is 21.8 Å². The van der Waals surface area contributed by atoms with Gasteiger partial charge in [-0.3, -0.25) is 4.79 Å². The molecule has 100 valence electrons. The van der Waals surface area contributed by atoms with Crippen molar-refractivity contribution in [2.24, 2.45) is 5.73 Å². The van der Waals surface area contributed by atoms with Crippen molar-refractivity contribution in [2.75, 3.05) is 6.54 Å². The highest BCUT2D eigenvalue weighted by Crippen LogP contribution is 2.27. The largest absolute Gasteiger partial charge is 0.335 e. The van der Waals surface area contributed by atoms with Gasteiger partial charge in [-0.25, -0.2) is 0 Å². The summed E-state index contributed by atoms with van der Waals surface area (Å²) in [4.78, 5) is 14.0. The lowest BCUT2D eigenvalue weighted by atomic mass is 10.1. The monoisotopic (exact) mass is 312 g/mol. The third kappa shape index (κ3) is 3.56. The number of rotatable bonds is 5. The molecule has 0 aromatic heterocycles. The molecule has 1 aromatic carbocycles. The van der Waals surface area contributed by atoms with Crippen LogP contribution >= 0.6 is 15.9 Å². The van der Waals surface area contributed by atoms with E-state index in [1.165, 1.54) is 0 Å². The van der Waals surface area contributed by atoms with E-state index in [0.29, 0.717) is 0 Å². The molecule has 0 radical (unpaired) electrons. The van der Waals surface area contributed by atoms with Crippen molar-refractivity contribution in [1.82, 2.24) is 4.90 Å². The molecular weight excluding hydrogens is 292 g/mol. The second-order valence-electron chi connectivity index (χ2n) is 4.52. The Morgan fingerprint density at radius 1 is 1.39 bits per heavy atom. The summed E-state index contributed by atoms with van der Waals surface area (Å²) < 4.78 is 1.02. The van der Waals surface area contributed by atoms with E-state index in [4.69, 9.17) is 5.73 Å². The van der Waals surface area contributed by atoms with Crippen molar-refractivity contribution in [2.45, 2.75) is 39.3 Å². The highest BCUT2D eigenvalue weighted by atomic mass is 79.9. The van der Waals surface area contributed by atoms with Gasteiger partial charge in [0.05, 0.1) is 12.1 Å². The molecular formula is C14H21BrN2O. The van der Waals surface area contributed by atoms with E-state index in [9.17, 15) is 4.79 Å². The van der Waals surface area contributed by atoms with Gasteiger partial charge < -0.3 is 10.6 Å². The van der Waals surface area contributed by atoms with Crippen LogP contribution in [0.5, 0.6) is 0 Å².